The summed E-state index contributed by atoms with van der Waals surface area (Å²) in [6.45, 7) is 1.93. The molecule has 0 atom stereocenters. The van der Waals surface area contributed by atoms with Crippen LogP contribution in [0.15, 0.2) is 42.5 Å². The number of anilines is 1. The molecule has 0 spiro atoms. The van der Waals surface area contributed by atoms with Crippen molar-refractivity contribution in [3.63, 3.8) is 0 Å². The number of hydrogen-bond acceptors (Lipinski definition) is 2. The van der Waals surface area contributed by atoms with Gasteiger partial charge in [0.1, 0.15) is 0 Å². The van der Waals surface area contributed by atoms with Gasteiger partial charge in [-0.1, -0.05) is 47.5 Å². The number of hydrogen-bond donors (Lipinski definition) is 2. The monoisotopic (exact) mass is 366 g/mol. The number of amides is 1. The summed E-state index contributed by atoms with van der Waals surface area (Å²) in [4.78, 5) is 12.0. The van der Waals surface area contributed by atoms with Crippen molar-refractivity contribution in [3.05, 3.63) is 63.6 Å². The van der Waals surface area contributed by atoms with Gasteiger partial charge in [-0.05, 0) is 54.9 Å². The van der Waals surface area contributed by atoms with Crippen molar-refractivity contribution in [1.29, 1.82) is 0 Å². The lowest BCUT2D eigenvalue weighted by atomic mass is 10.1. The first kappa shape index (κ1) is 17.7. The van der Waals surface area contributed by atoms with Crippen LogP contribution in [0.25, 0.3) is 0 Å². The first-order chi connectivity index (χ1) is 11.0. The molecule has 0 fully saturated rings. The number of halogens is 2. The van der Waals surface area contributed by atoms with Gasteiger partial charge in [-0.25, -0.2) is 0 Å². The van der Waals surface area contributed by atoms with Crippen LogP contribution in [0, 0.1) is 6.92 Å². The second-order valence-electron chi connectivity index (χ2n) is 5.05. The molecule has 0 heterocycles. The highest BCUT2D eigenvalue weighted by Crippen LogP contribution is 2.20. The third-order valence-electron chi connectivity index (χ3n) is 3.28. The molecule has 2 aromatic rings. The molecule has 2 rings (SSSR count). The van der Waals surface area contributed by atoms with Crippen LogP contribution in [-0.4, -0.2) is 11.0 Å². The Balaban J connectivity index is 1.86. The molecule has 6 heteroatoms. The fourth-order valence-electron chi connectivity index (χ4n) is 2.02. The third-order valence-corrected chi connectivity index (χ3v) is 4.09. The minimum absolute atomic E-state index is 0.165. The van der Waals surface area contributed by atoms with Crippen molar-refractivity contribution in [2.45, 2.75) is 19.8 Å². The lowest BCUT2D eigenvalue weighted by molar-refractivity contribution is -0.119. The Kier molecular flexibility index (Phi) is 6.39. The number of benzene rings is 2. The molecule has 0 saturated heterocycles. The van der Waals surface area contributed by atoms with E-state index in [0.717, 1.165) is 16.8 Å². The molecule has 23 heavy (non-hydrogen) atoms. The van der Waals surface area contributed by atoms with E-state index in [-0.39, 0.29) is 11.0 Å². The van der Waals surface area contributed by atoms with Crippen molar-refractivity contribution in [2.75, 3.05) is 5.32 Å². The predicted molar refractivity (Wildman–Crippen MR) is 100 cm³/mol. The molecule has 0 aliphatic carbocycles. The molecule has 1 amide bonds. The Labute approximate surface area is 151 Å². The Hall–Kier alpha value is -1.62. The Morgan fingerprint density at radius 2 is 1.91 bits per heavy atom. The maximum absolute atomic E-state index is 12.0. The summed E-state index contributed by atoms with van der Waals surface area (Å²) in [6.07, 6.45) is 0.865. The van der Waals surface area contributed by atoms with Crippen LogP contribution in [0.1, 0.15) is 17.5 Å². The number of aryl methyl sites for hydroxylation is 2. The van der Waals surface area contributed by atoms with Gasteiger partial charge in [0.2, 0.25) is 5.91 Å². The molecular formula is C17H16Cl2N2OS. The number of rotatable bonds is 4. The highest BCUT2D eigenvalue weighted by atomic mass is 35.5. The molecule has 2 N–H and O–H groups in total. The van der Waals surface area contributed by atoms with Crippen LogP contribution in [0.4, 0.5) is 5.69 Å². The van der Waals surface area contributed by atoms with Crippen molar-refractivity contribution in [1.82, 2.24) is 5.32 Å². The summed E-state index contributed by atoms with van der Waals surface area (Å²) >= 11 is 17.2. The Bertz CT molecular complexity index is 734. The lowest BCUT2D eigenvalue weighted by Gasteiger charge is -2.12. The maximum Gasteiger partial charge on any atom is 0.226 e. The van der Waals surface area contributed by atoms with E-state index in [9.17, 15) is 4.79 Å². The van der Waals surface area contributed by atoms with Gasteiger partial charge in [-0.15, -0.1) is 0 Å². The van der Waals surface area contributed by atoms with Gasteiger partial charge in [-0.3, -0.25) is 4.79 Å². The summed E-state index contributed by atoms with van der Waals surface area (Å²) in [5, 5.41) is 7.16. The molecule has 0 aromatic heterocycles. The molecule has 0 bridgehead atoms. The highest BCUT2D eigenvalue weighted by molar-refractivity contribution is 7.80. The quantitative estimate of drug-likeness (QED) is 0.767. The summed E-state index contributed by atoms with van der Waals surface area (Å²) in [6, 6.07) is 12.9. The molecule has 0 saturated carbocycles. The zero-order valence-electron chi connectivity index (χ0n) is 12.5. The summed E-state index contributed by atoms with van der Waals surface area (Å²) in [7, 11) is 0. The molecule has 0 radical (unpaired) electrons. The van der Waals surface area contributed by atoms with Gasteiger partial charge >= 0.3 is 0 Å². The summed E-state index contributed by atoms with van der Waals surface area (Å²) in [5.74, 6) is -0.165. The standard InChI is InChI=1S/C17H16Cl2N2OS/c1-11-6-8-13(18)10-15(11)20-17(23)21-16(22)9-7-12-4-2-3-5-14(12)19/h2-6,8,10H,7,9H2,1H3,(H2,20,21,22,23). The average Bonchev–Trinajstić information content (AvgIpc) is 2.50. The molecule has 3 nitrogen and oxygen atoms in total. The van der Waals surface area contributed by atoms with Crippen LogP contribution < -0.4 is 10.6 Å². The predicted octanol–water partition coefficient (Wildman–Crippen LogP) is 4.75. The lowest BCUT2D eigenvalue weighted by Crippen LogP contribution is -2.34. The van der Waals surface area contributed by atoms with Crippen molar-refractivity contribution in [2.24, 2.45) is 0 Å². The van der Waals surface area contributed by atoms with E-state index in [4.69, 9.17) is 35.4 Å². The van der Waals surface area contributed by atoms with Crippen molar-refractivity contribution in [3.8, 4) is 0 Å². The van der Waals surface area contributed by atoms with Gasteiger partial charge in [0.05, 0.1) is 0 Å². The maximum atomic E-state index is 12.0. The molecular weight excluding hydrogens is 351 g/mol. The molecule has 120 valence electrons. The zero-order valence-corrected chi connectivity index (χ0v) is 14.9. The van der Waals surface area contributed by atoms with E-state index in [2.05, 4.69) is 10.6 Å². The number of carbonyl (C=O) groups excluding carboxylic acids is 1. The fraction of sp³-hybridized carbons (Fsp3) is 0.176. The molecule has 0 aliphatic rings. The molecule has 0 aliphatic heterocycles. The van der Waals surface area contributed by atoms with E-state index in [1.807, 2.05) is 37.3 Å². The largest absolute Gasteiger partial charge is 0.332 e. The number of nitrogens with one attached hydrogen (secondary N) is 2. The number of thiocarbonyl (C=S) groups is 1. The van der Waals surface area contributed by atoms with Crippen LogP contribution in [0.3, 0.4) is 0 Å². The van der Waals surface area contributed by atoms with Gasteiger partial charge in [0, 0.05) is 22.2 Å². The van der Waals surface area contributed by atoms with E-state index in [1.165, 1.54) is 0 Å². The summed E-state index contributed by atoms with van der Waals surface area (Å²) in [5.41, 5.74) is 2.70. The first-order valence-electron chi connectivity index (χ1n) is 7.06. The Morgan fingerprint density at radius 3 is 2.65 bits per heavy atom. The Morgan fingerprint density at radius 1 is 1.17 bits per heavy atom. The van der Waals surface area contributed by atoms with Crippen LogP contribution in [0.2, 0.25) is 10.0 Å². The average molecular weight is 367 g/mol. The van der Waals surface area contributed by atoms with Crippen LogP contribution in [-0.2, 0) is 11.2 Å². The normalized spacial score (nSPS) is 10.2. The van der Waals surface area contributed by atoms with E-state index in [0.29, 0.717) is 22.9 Å². The topological polar surface area (TPSA) is 41.1 Å². The second kappa shape index (κ2) is 8.29. The minimum Gasteiger partial charge on any atom is -0.332 e. The minimum atomic E-state index is -0.165. The van der Waals surface area contributed by atoms with E-state index < -0.39 is 0 Å². The fourth-order valence-corrected chi connectivity index (χ4v) is 2.65. The van der Waals surface area contributed by atoms with E-state index in [1.54, 1.807) is 12.1 Å². The second-order valence-corrected chi connectivity index (χ2v) is 6.30. The number of carbonyl (C=O) groups is 1. The smallest absolute Gasteiger partial charge is 0.226 e. The SMILES string of the molecule is Cc1ccc(Cl)cc1NC(=S)NC(=O)CCc1ccccc1Cl. The van der Waals surface area contributed by atoms with Gasteiger partial charge in [0.25, 0.3) is 0 Å². The summed E-state index contributed by atoms with van der Waals surface area (Å²) < 4.78 is 0. The zero-order chi connectivity index (χ0) is 16.8. The molecule has 2 aromatic carbocycles. The van der Waals surface area contributed by atoms with Crippen molar-refractivity contribution < 1.29 is 4.79 Å². The van der Waals surface area contributed by atoms with Crippen LogP contribution in [0.5, 0.6) is 0 Å². The van der Waals surface area contributed by atoms with Gasteiger partial charge in [-0.2, -0.15) is 0 Å². The van der Waals surface area contributed by atoms with Gasteiger partial charge < -0.3 is 10.6 Å². The van der Waals surface area contributed by atoms with Crippen molar-refractivity contribution >= 4 is 52.1 Å². The molecule has 0 unspecified atom stereocenters. The van der Waals surface area contributed by atoms with E-state index >= 15 is 0 Å². The van der Waals surface area contributed by atoms with Crippen LogP contribution >= 0.6 is 35.4 Å². The third kappa shape index (κ3) is 5.50. The highest BCUT2D eigenvalue weighted by Gasteiger charge is 2.08. The first-order valence-corrected chi connectivity index (χ1v) is 8.22. The van der Waals surface area contributed by atoms with Gasteiger partial charge in [0.15, 0.2) is 5.11 Å².